The number of benzene rings is 2. The average molecular weight is 360 g/mol. The van der Waals surface area contributed by atoms with Crippen molar-refractivity contribution in [2.24, 2.45) is 4.99 Å². The molecule has 0 unspecified atom stereocenters. The zero-order valence-corrected chi connectivity index (χ0v) is 14.6. The van der Waals surface area contributed by atoms with Crippen molar-refractivity contribution in [3.8, 4) is 16.9 Å². The maximum absolute atomic E-state index is 14.4. The SMILES string of the molecule is COc1ccc(-c2ccc(CNC3CC(N=C=S)C3)c(F)c2)cc1F. The number of ether oxygens (including phenoxy) is 1. The van der Waals surface area contributed by atoms with E-state index in [1.165, 1.54) is 25.3 Å². The van der Waals surface area contributed by atoms with Crippen LogP contribution >= 0.6 is 12.2 Å². The van der Waals surface area contributed by atoms with Gasteiger partial charge in [0.1, 0.15) is 5.82 Å². The molecule has 1 N–H and O–H groups in total. The molecule has 1 aliphatic rings. The summed E-state index contributed by atoms with van der Waals surface area (Å²) in [5.41, 5.74) is 1.82. The van der Waals surface area contributed by atoms with Crippen molar-refractivity contribution in [2.75, 3.05) is 7.11 Å². The van der Waals surface area contributed by atoms with Crippen molar-refractivity contribution in [1.29, 1.82) is 0 Å². The van der Waals surface area contributed by atoms with Gasteiger partial charge in [0.2, 0.25) is 0 Å². The minimum Gasteiger partial charge on any atom is -0.494 e. The van der Waals surface area contributed by atoms with Gasteiger partial charge in [0, 0.05) is 18.2 Å². The lowest BCUT2D eigenvalue weighted by atomic mass is 9.87. The van der Waals surface area contributed by atoms with E-state index in [0.29, 0.717) is 29.3 Å². The van der Waals surface area contributed by atoms with Crippen LogP contribution in [0.15, 0.2) is 41.4 Å². The first kappa shape index (κ1) is 17.7. The van der Waals surface area contributed by atoms with Crippen molar-refractivity contribution in [1.82, 2.24) is 5.32 Å². The van der Waals surface area contributed by atoms with Crippen molar-refractivity contribution in [3.05, 3.63) is 53.6 Å². The number of thiocarbonyl (C=S) groups is 1. The van der Waals surface area contributed by atoms with Gasteiger partial charge in [-0.2, -0.15) is 0 Å². The monoisotopic (exact) mass is 360 g/mol. The van der Waals surface area contributed by atoms with Gasteiger partial charge in [-0.3, -0.25) is 0 Å². The standard InChI is InChI=1S/C19H18F2N2OS/c1-24-19-5-4-13(7-18(19)21)12-2-3-14(17(20)6-12)10-22-15-8-16(9-15)23-11-25/h2-7,15-16,22H,8-10H2,1H3. The van der Waals surface area contributed by atoms with Crippen molar-refractivity contribution in [2.45, 2.75) is 31.5 Å². The van der Waals surface area contributed by atoms with Gasteiger partial charge in [-0.1, -0.05) is 18.2 Å². The van der Waals surface area contributed by atoms with Gasteiger partial charge in [0.25, 0.3) is 0 Å². The van der Waals surface area contributed by atoms with Crippen LogP contribution in [0.4, 0.5) is 8.78 Å². The molecular weight excluding hydrogens is 342 g/mol. The van der Waals surface area contributed by atoms with E-state index in [1.54, 1.807) is 18.2 Å². The predicted octanol–water partition coefficient (Wildman–Crippen LogP) is 4.36. The van der Waals surface area contributed by atoms with Crippen molar-refractivity contribution in [3.63, 3.8) is 0 Å². The fourth-order valence-corrected chi connectivity index (χ4v) is 3.05. The second kappa shape index (κ2) is 7.83. The van der Waals surface area contributed by atoms with Gasteiger partial charge >= 0.3 is 0 Å². The lowest BCUT2D eigenvalue weighted by Gasteiger charge is -2.32. The van der Waals surface area contributed by atoms with Crippen LogP contribution in [0.3, 0.4) is 0 Å². The molecule has 3 nitrogen and oxygen atoms in total. The molecule has 130 valence electrons. The Bertz CT molecular complexity index is 815. The number of nitrogens with zero attached hydrogens (tertiary/aromatic N) is 1. The molecule has 0 saturated heterocycles. The largest absolute Gasteiger partial charge is 0.494 e. The van der Waals surface area contributed by atoms with Crippen LogP contribution in [0.2, 0.25) is 0 Å². The number of halogens is 2. The van der Waals surface area contributed by atoms with E-state index in [9.17, 15) is 8.78 Å². The normalized spacial score (nSPS) is 19.0. The van der Waals surface area contributed by atoms with Gasteiger partial charge in [0.15, 0.2) is 11.6 Å². The Morgan fingerprint density at radius 1 is 1.16 bits per heavy atom. The molecular formula is C19H18F2N2OS. The third-order valence-electron chi connectivity index (χ3n) is 4.47. The lowest BCUT2D eigenvalue weighted by Crippen LogP contribution is -2.43. The molecule has 2 aromatic rings. The Balaban J connectivity index is 1.65. The van der Waals surface area contributed by atoms with Crippen LogP contribution in [0.5, 0.6) is 5.75 Å². The Morgan fingerprint density at radius 3 is 2.44 bits per heavy atom. The second-order valence-electron chi connectivity index (χ2n) is 6.08. The van der Waals surface area contributed by atoms with E-state index in [-0.39, 0.29) is 17.6 Å². The molecule has 1 fully saturated rings. The summed E-state index contributed by atoms with van der Waals surface area (Å²) < 4.78 is 33.1. The Labute approximate surface area is 150 Å². The highest BCUT2D eigenvalue weighted by molar-refractivity contribution is 7.78. The highest BCUT2D eigenvalue weighted by Crippen LogP contribution is 2.27. The lowest BCUT2D eigenvalue weighted by molar-refractivity contribution is 0.292. The van der Waals surface area contributed by atoms with Crippen LogP contribution in [-0.2, 0) is 6.54 Å². The van der Waals surface area contributed by atoms with E-state index < -0.39 is 5.82 Å². The number of nitrogens with one attached hydrogen (secondary N) is 1. The first-order valence-electron chi connectivity index (χ1n) is 8.03. The van der Waals surface area contributed by atoms with E-state index in [0.717, 1.165) is 12.8 Å². The minimum absolute atomic E-state index is 0.168. The summed E-state index contributed by atoms with van der Waals surface area (Å²) in [5.74, 6) is -0.611. The molecule has 25 heavy (non-hydrogen) atoms. The molecule has 0 aromatic heterocycles. The Kier molecular flexibility index (Phi) is 5.53. The molecule has 1 aliphatic carbocycles. The van der Waals surface area contributed by atoms with Crippen LogP contribution in [0.1, 0.15) is 18.4 Å². The van der Waals surface area contributed by atoms with Crippen LogP contribution < -0.4 is 10.1 Å². The maximum atomic E-state index is 14.4. The summed E-state index contributed by atoms with van der Waals surface area (Å²) in [6, 6.07) is 10.1. The summed E-state index contributed by atoms with van der Waals surface area (Å²) in [6.07, 6.45) is 1.79. The molecule has 3 rings (SSSR count). The first-order valence-corrected chi connectivity index (χ1v) is 8.44. The fraction of sp³-hybridized carbons (Fsp3) is 0.316. The summed E-state index contributed by atoms with van der Waals surface area (Å²) in [5, 5.41) is 5.70. The number of isothiocyanates is 1. The van der Waals surface area contributed by atoms with Crippen LogP contribution in [0, 0.1) is 11.6 Å². The molecule has 0 bridgehead atoms. The van der Waals surface area contributed by atoms with Gasteiger partial charge in [0.05, 0.1) is 18.3 Å². The maximum Gasteiger partial charge on any atom is 0.165 e. The average Bonchev–Trinajstić information content (AvgIpc) is 2.57. The van der Waals surface area contributed by atoms with Gasteiger partial charge < -0.3 is 10.1 Å². The molecule has 1 saturated carbocycles. The molecule has 2 aromatic carbocycles. The highest BCUT2D eigenvalue weighted by atomic mass is 32.1. The fourth-order valence-electron chi connectivity index (χ4n) is 2.90. The molecule has 0 spiro atoms. The second-order valence-corrected chi connectivity index (χ2v) is 6.26. The van der Waals surface area contributed by atoms with E-state index in [1.807, 2.05) is 0 Å². The van der Waals surface area contributed by atoms with E-state index in [4.69, 9.17) is 4.74 Å². The zero-order chi connectivity index (χ0) is 17.8. The third-order valence-corrected chi connectivity index (χ3v) is 4.57. The molecule has 0 amide bonds. The number of methoxy groups -OCH3 is 1. The summed E-state index contributed by atoms with van der Waals surface area (Å²) >= 11 is 4.58. The molecule has 0 aliphatic heterocycles. The minimum atomic E-state index is -0.468. The molecule has 0 heterocycles. The quantitative estimate of drug-likeness (QED) is 0.614. The predicted molar refractivity (Wildman–Crippen MR) is 97.0 cm³/mol. The Hall–Kier alpha value is -2.14. The highest BCUT2D eigenvalue weighted by Gasteiger charge is 2.28. The number of hydrogen-bond acceptors (Lipinski definition) is 4. The van der Waals surface area contributed by atoms with E-state index in [2.05, 4.69) is 27.7 Å². The van der Waals surface area contributed by atoms with Gasteiger partial charge in [-0.15, -0.1) is 0 Å². The number of hydrogen-bond donors (Lipinski definition) is 1. The summed E-state index contributed by atoms with van der Waals surface area (Å²) in [4.78, 5) is 4.03. The molecule has 0 atom stereocenters. The third kappa shape index (κ3) is 4.10. The summed E-state index contributed by atoms with van der Waals surface area (Å²) in [6.45, 7) is 0.446. The summed E-state index contributed by atoms with van der Waals surface area (Å²) in [7, 11) is 1.41. The van der Waals surface area contributed by atoms with Crippen molar-refractivity contribution >= 4 is 17.4 Å². The number of rotatable bonds is 6. The zero-order valence-electron chi connectivity index (χ0n) is 13.8. The Morgan fingerprint density at radius 2 is 1.84 bits per heavy atom. The van der Waals surface area contributed by atoms with Crippen LogP contribution in [0.25, 0.3) is 11.1 Å². The first-order chi connectivity index (χ1) is 12.1. The smallest absolute Gasteiger partial charge is 0.165 e. The van der Waals surface area contributed by atoms with Gasteiger partial charge in [-0.25, -0.2) is 13.8 Å². The van der Waals surface area contributed by atoms with E-state index >= 15 is 0 Å². The number of aliphatic imine (C=N–C) groups is 1. The molecule has 6 heteroatoms. The van der Waals surface area contributed by atoms with Crippen molar-refractivity contribution < 1.29 is 13.5 Å². The van der Waals surface area contributed by atoms with Gasteiger partial charge in [-0.05, 0) is 54.4 Å². The topological polar surface area (TPSA) is 33.6 Å². The molecule has 0 radical (unpaired) electrons. The van der Waals surface area contributed by atoms with Crippen LogP contribution in [-0.4, -0.2) is 24.4 Å².